The number of hydrogen-bond acceptors (Lipinski definition) is 2. The monoisotopic (exact) mass is 151 g/mol. The van der Waals surface area contributed by atoms with Crippen molar-refractivity contribution in [2.24, 2.45) is 0 Å². The molecule has 1 aliphatic heterocycles. The number of hydrogen-bond donors (Lipinski definition) is 1. The van der Waals surface area contributed by atoms with E-state index in [4.69, 9.17) is 4.74 Å². The minimum atomic E-state index is -2.35. The van der Waals surface area contributed by atoms with Crippen LogP contribution in [0.3, 0.4) is 0 Å². The molecule has 2 nitrogen and oxygen atoms in total. The van der Waals surface area contributed by atoms with Gasteiger partial charge < -0.3 is 10.1 Å². The average Bonchev–Trinajstić information content (AvgIpc) is 1.89. The summed E-state index contributed by atoms with van der Waals surface area (Å²) in [7, 11) is 0. The Balaban J connectivity index is 2.48. The third-order valence-corrected chi connectivity index (χ3v) is 1.66. The Kier molecular flexibility index (Phi) is 2.21. The predicted molar refractivity (Wildman–Crippen MR) is 33.2 cm³/mol. The molecule has 0 bridgehead atoms. The highest BCUT2D eigenvalue weighted by Gasteiger charge is 2.36. The van der Waals surface area contributed by atoms with Crippen LogP contribution in [0.25, 0.3) is 0 Å². The van der Waals surface area contributed by atoms with E-state index in [1.54, 1.807) is 0 Å². The lowest BCUT2D eigenvalue weighted by atomic mass is 10.0. The van der Waals surface area contributed by atoms with Gasteiger partial charge in [-0.3, -0.25) is 0 Å². The molecule has 0 radical (unpaired) electrons. The highest BCUT2D eigenvalue weighted by Crippen LogP contribution is 2.17. The number of morpholine rings is 1. The molecule has 0 aliphatic carbocycles. The normalized spacial score (nSPS) is 34.8. The van der Waals surface area contributed by atoms with Crippen LogP contribution in [-0.4, -0.2) is 31.7 Å². The molecule has 1 unspecified atom stereocenters. The lowest BCUT2D eigenvalue weighted by molar-refractivity contribution is -0.0491. The summed E-state index contributed by atoms with van der Waals surface area (Å²) in [6, 6.07) is 0. The summed E-state index contributed by atoms with van der Waals surface area (Å²) in [6.07, 6.45) is -2.35. The number of ether oxygens (including phenoxy) is 1. The van der Waals surface area contributed by atoms with Crippen LogP contribution < -0.4 is 5.32 Å². The third kappa shape index (κ3) is 1.44. The molecule has 1 atom stereocenters. The summed E-state index contributed by atoms with van der Waals surface area (Å²) < 4.78 is 29.2. The maximum Gasteiger partial charge on any atom is 0.258 e. The van der Waals surface area contributed by atoms with Crippen molar-refractivity contribution in [1.29, 1.82) is 0 Å². The summed E-state index contributed by atoms with van der Waals surface area (Å²) in [5, 5.41) is 2.72. The van der Waals surface area contributed by atoms with Gasteiger partial charge in [-0.05, 0) is 6.92 Å². The molecule has 0 aromatic rings. The first-order valence-corrected chi connectivity index (χ1v) is 3.26. The Morgan fingerprint density at radius 3 is 2.60 bits per heavy atom. The number of alkyl halides is 2. The standard InChI is InChI=1S/C6H11F2NO/c1-6(5(7)8)4-10-3-2-9-6/h5,9H,2-4H2,1H3. The lowest BCUT2D eigenvalue weighted by Crippen LogP contribution is -2.56. The van der Waals surface area contributed by atoms with Gasteiger partial charge in [0.1, 0.15) is 5.54 Å². The van der Waals surface area contributed by atoms with Crippen LogP contribution in [-0.2, 0) is 4.74 Å². The molecule has 4 heteroatoms. The van der Waals surface area contributed by atoms with Crippen molar-refractivity contribution in [2.75, 3.05) is 19.8 Å². The van der Waals surface area contributed by atoms with Crippen LogP contribution in [0, 0.1) is 0 Å². The zero-order valence-corrected chi connectivity index (χ0v) is 5.86. The smallest absolute Gasteiger partial charge is 0.258 e. The number of nitrogens with one attached hydrogen (secondary N) is 1. The van der Waals surface area contributed by atoms with Gasteiger partial charge in [-0.25, -0.2) is 8.78 Å². The topological polar surface area (TPSA) is 21.3 Å². The summed E-state index contributed by atoms with van der Waals surface area (Å²) in [4.78, 5) is 0. The molecule has 1 aliphatic rings. The Labute approximate surface area is 58.6 Å². The van der Waals surface area contributed by atoms with Crippen LogP contribution in [0.1, 0.15) is 6.92 Å². The molecule has 1 fully saturated rings. The van der Waals surface area contributed by atoms with Crippen LogP contribution in [0.4, 0.5) is 8.78 Å². The second-order valence-electron chi connectivity index (χ2n) is 2.70. The zero-order valence-electron chi connectivity index (χ0n) is 5.86. The Hall–Kier alpha value is -0.220. The van der Waals surface area contributed by atoms with Crippen molar-refractivity contribution in [3.8, 4) is 0 Å². The van der Waals surface area contributed by atoms with Gasteiger partial charge in [0.2, 0.25) is 0 Å². The van der Waals surface area contributed by atoms with E-state index < -0.39 is 12.0 Å². The van der Waals surface area contributed by atoms with Crippen LogP contribution in [0.15, 0.2) is 0 Å². The van der Waals surface area contributed by atoms with E-state index in [-0.39, 0.29) is 6.61 Å². The van der Waals surface area contributed by atoms with Crippen LogP contribution >= 0.6 is 0 Å². The molecule has 0 spiro atoms. The third-order valence-electron chi connectivity index (χ3n) is 1.66. The molecule has 0 aromatic carbocycles. The van der Waals surface area contributed by atoms with Crippen molar-refractivity contribution in [3.63, 3.8) is 0 Å². The molecule has 0 saturated carbocycles. The van der Waals surface area contributed by atoms with Crippen molar-refractivity contribution >= 4 is 0 Å². The van der Waals surface area contributed by atoms with Gasteiger partial charge in [0.15, 0.2) is 0 Å². The van der Waals surface area contributed by atoms with Gasteiger partial charge in [0.05, 0.1) is 13.2 Å². The van der Waals surface area contributed by atoms with Gasteiger partial charge in [-0.1, -0.05) is 0 Å². The van der Waals surface area contributed by atoms with E-state index in [0.717, 1.165) is 0 Å². The van der Waals surface area contributed by atoms with E-state index >= 15 is 0 Å². The first kappa shape index (κ1) is 7.88. The SMILES string of the molecule is CC1(C(F)F)COCCN1. The van der Waals surface area contributed by atoms with E-state index in [9.17, 15) is 8.78 Å². The number of rotatable bonds is 1. The molecule has 1 heterocycles. The molecule has 10 heavy (non-hydrogen) atoms. The van der Waals surface area contributed by atoms with Crippen molar-refractivity contribution < 1.29 is 13.5 Å². The van der Waals surface area contributed by atoms with Crippen LogP contribution in [0.5, 0.6) is 0 Å². The number of halogens is 2. The summed E-state index contributed by atoms with van der Waals surface area (Å²) in [6.45, 7) is 2.62. The molecular weight excluding hydrogens is 140 g/mol. The molecule has 1 rings (SSSR count). The quantitative estimate of drug-likeness (QED) is 0.593. The largest absolute Gasteiger partial charge is 0.378 e. The predicted octanol–water partition coefficient (Wildman–Crippen LogP) is 0.630. The van der Waals surface area contributed by atoms with Gasteiger partial charge in [-0.2, -0.15) is 0 Å². The summed E-state index contributed by atoms with van der Waals surface area (Å²) in [5.41, 5.74) is -1.13. The van der Waals surface area contributed by atoms with Crippen molar-refractivity contribution in [1.82, 2.24) is 5.32 Å². The van der Waals surface area contributed by atoms with Gasteiger partial charge in [0.25, 0.3) is 6.43 Å². The maximum atomic E-state index is 12.2. The zero-order chi connectivity index (χ0) is 7.61. The van der Waals surface area contributed by atoms with Crippen LogP contribution in [0.2, 0.25) is 0 Å². The Bertz CT molecular complexity index is 112. The summed E-state index contributed by atoms with van der Waals surface area (Å²) in [5.74, 6) is 0. The Morgan fingerprint density at radius 2 is 2.30 bits per heavy atom. The van der Waals surface area contributed by atoms with E-state index in [0.29, 0.717) is 13.2 Å². The van der Waals surface area contributed by atoms with Crippen molar-refractivity contribution in [2.45, 2.75) is 18.9 Å². The minimum absolute atomic E-state index is 0.102. The molecule has 0 amide bonds. The van der Waals surface area contributed by atoms with Crippen molar-refractivity contribution in [3.05, 3.63) is 0 Å². The fourth-order valence-corrected chi connectivity index (χ4v) is 0.884. The fourth-order valence-electron chi connectivity index (χ4n) is 0.884. The highest BCUT2D eigenvalue weighted by atomic mass is 19.3. The first-order chi connectivity index (χ1) is 4.65. The summed E-state index contributed by atoms with van der Waals surface area (Å²) >= 11 is 0. The first-order valence-electron chi connectivity index (χ1n) is 3.26. The fraction of sp³-hybridized carbons (Fsp3) is 1.00. The molecule has 1 N–H and O–H groups in total. The molecule has 0 aromatic heterocycles. The minimum Gasteiger partial charge on any atom is -0.378 e. The van der Waals surface area contributed by atoms with E-state index in [2.05, 4.69) is 5.32 Å². The molecule has 60 valence electrons. The Morgan fingerprint density at radius 1 is 1.60 bits per heavy atom. The molecule has 1 saturated heterocycles. The second-order valence-corrected chi connectivity index (χ2v) is 2.70. The lowest BCUT2D eigenvalue weighted by Gasteiger charge is -2.33. The highest BCUT2D eigenvalue weighted by molar-refractivity contribution is 4.87. The van der Waals surface area contributed by atoms with Gasteiger partial charge >= 0.3 is 0 Å². The van der Waals surface area contributed by atoms with E-state index in [1.165, 1.54) is 6.92 Å². The van der Waals surface area contributed by atoms with Gasteiger partial charge in [-0.15, -0.1) is 0 Å². The van der Waals surface area contributed by atoms with E-state index in [1.807, 2.05) is 0 Å². The average molecular weight is 151 g/mol. The maximum absolute atomic E-state index is 12.2. The van der Waals surface area contributed by atoms with Gasteiger partial charge in [0, 0.05) is 6.54 Å². The second kappa shape index (κ2) is 2.80. The molecular formula is C6H11F2NO.